The van der Waals surface area contributed by atoms with E-state index in [1.807, 2.05) is 13.0 Å². The van der Waals surface area contributed by atoms with E-state index in [4.69, 9.17) is 10.5 Å². The van der Waals surface area contributed by atoms with Crippen molar-refractivity contribution in [2.75, 3.05) is 13.7 Å². The molecular weight excluding hydrogens is 193 g/mol. The van der Waals surface area contributed by atoms with E-state index < -0.39 is 0 Å². The van der Waals surface area contributed by atoms with Crippen LogP contribution in [0.1, 0.15) is 18.9 Å². The number of allylic oxidation sites excluding steroid dienone is 1. The van der Waals surface area contributed by atoms with Gasteiger partial charge in [-0.15, -0.1) is 0 Å². The monoisotopic (exact) mass is 209 g/mol. The molecule has 0 radical (unpaired) electrons. The summed E-state index contributed by atoms with van der Waals surface area (Å²) < 4.78 is 18.5. The fourth-order valence-corrected chi connectivity index (χ4v) is 1.35. The highest BCUT2D eigenvalue weighted by Gasteiger charge is 2.04. The van der Waals surface area contributed by atoms with Crippen LogP contribution in [0.15, 0.2) is 24.3 Å². The van der Waals surface area contributed by atoms with Crippen LogP contribution in [-0.2, 0) is 0 Å². The minimum atomic E-state index is -0.264. The summed E-state index contributed by atoms with van der Waals surface area (Å²) in [6, 6.07) is 4.85. The van der Waals surface area contributed by atoms with E-state index >= 15 is 0 Å². The van der Waals surface area contributed by atoms with Crippen molar-refractivity contribution in [2.24, 2.45) is 5.73 Å². The van der Waals surface area contributed by atoms with Crippen LogP contribution in [0.2, 0.25) is 0 Å². The van der Waals surface area contributed by atoms with Gasteiger partial charge in [-0.05, 0) is 37.6 Å². The molecule has 15 heavy (non-hydrogen) atoms. The molecular formula is C12H16FNO. The molecule has 0 aliphatic rings. The van der Waals surface area contributed by atoms with Crippen LogP contribution in [0.4, 0.5) is 4.39 Å². The number of hydrogen-bond donors (Lipinski definition) is 1. The third-order valence-electron chi connectivity index (χ3n) is 2.22. The summed E-state index contributed by atoms with van der Waals surface area (Å²) in [5.41, 5.74) is 6.88. The quantitative estimate of drug-likeness (QED) is 0.827. The Balaban J connectivity index is 2.95. The van der Waals surface area contributed by atoms with Crippen LogP contribution >= 0.6 is 0 Å². The Morgan fingerprint density at radius 1 is 1.53 bits per heavy atom. The summed E-state index contributed by atoms with van der Waals surface area (Å²) in [7, 11) is 1.52. The number of methoxy groups -OCH3 is 1. The summed E-state index contributed by atoms with van der Waals surface area (Å²) in [4.78, 5) is 0. The van der Waals surface area contributed by atoms with Crippen molar-refractivity contribution in [3.05, 3.63) is 35.7 Å². The van der Waals surface area contributed by atoms with Gasteiger partial charge < -0.3 is 10.5 Å². The molecule has 0 fully saturated rings. The van der Waals surface area contributed by atoms with Gasteiger partial charge in [-0.25, -0.2) is 4.39 Å². The summed E-state index contributed by atoms with van der Waals surface area (Å²) in [5, 5.41) is 0. The topological polar surface area (TPSA) is 35.2 Å². The van der Waals surface area contributed by atoms with Gasteiger partial charge in [0.05, 0.1) is 7.11 Å². The third kappa shape index (κ3) is 3.06. The lowest BCUT2D eigenvalue weighted by Crippen LogP contribution is -1.96. The molecule has 0 aliphatic heterocycles. The Labute approximate surface area is 89.6 Å². The molecule has 0 aliphatic carbocycles. The van der Waals surface area contributed by atoms with Crippen LogP contribution in [0.3, 0.4) is 0 Å². The van der Waals surface area contributed by atoms with Gasteiger partial charge in [-0.2, -0.15) is 0 Å². The number of hydrogen-bond acceptors (Lipinski definition) is 2. The second-order valence-corrected chi connectivity index (χ2v) is 3.31. The van der Waals surface area contributed by atoms with E-state index in [9.17, 15) is 4.39 Å². The Bertz CT molecular complexity index is 361. The maximum Gasteiger partial charge on any atom is 0.134 e. The van der Waals surface area contributed by atoms with E-state index in [2.05, 4.69) is 0 Å². The van der Waals surface area contributed by atoms with Gasteiger partial charge in [0.25, 0.3) is 0 Å². The molecule has 2 nitrogen and oxygen atoms in total. The Morgan fingerprint density at radius 2 is 2.27 bits per heavy atom. The molecule has 0 saturated carbocycles. The fraction of sp³-hybridized carbons (Fsp3) is 0.333. The second-order valence-electron chi connectivity index (χ2n) is 3.31. The molecule has 0 unspecified atom stereocenters. The van der Waals surface area contributed by atoms with Gasteiger partial charge in [0, 0.05) is 11.6 Å². The molecule has 0 aromatic heterocycles. The van der Waals surface area contributed by atoms with Crippen LogP contribution in [0, 0.1) is 5.82 Å². The van der Waals surface area contributed by atoms with E-state index in [1.54, 1.807) is 12.1 Å². The molecule has 2 N–H and O–H groups in total. The highest BCUT2D eigenvalue weighted by Crippen LogP contribution is 2.22. The average molecular weight is 209 g/mol. The first kappa shape index (κ1) is 11.7. The number of rotatable bonds is 4. The highest BCUT2D eigenvalue weighted by molar-refractivity contribution is 5.64. The average Bonchev–Trinajstić information content (AvgIpc) is 2.25. The number of halogens is 1. The minimum absolute atomic E-state index is 0.264. The number of nitrogens with two attached hydrogens (primary N) is 1. The summed E-state index contributed by atoms with van der Waals surface area (Å²) >= 11 is 0. The molecule has 0 atom stereocenters. The molecule has 1 aromatic carbocycles. The SMILES string of the molecule is COc1ccc(/C(C)=C/CCN)c(F)c1. The van der Waals surface area contributed by atoms with Crippen molar-refractivity contribution < 1.29 is 9.13 Å². The van der Waals surface area contributed by atoms with Crippen LogP contribution in [-0.4, -0.2) is 13.7 Å². The van der Waals surface area contributed by atoms with Gasteiger partial charge in [0.2, 0.25) is 0 Å². The minimum Gasteiger partial charge on any atom is -0.497 e. The van der Waals surface area contributed by atoms with Gasteiger partial charge in [0.1, 0.15) is 11.6 Å². The number of benzene rings is 1. The van der Waals surface area contributed by atoms with Crippen LogP contribution in [0.5, 0.6) is 5.75 Å². The molecule has 0 amide bonds. The first-order chi connectivity index (χ1) is 7.19. The fourth-order valence-electron chi connectivity index (χ4n) is 1.35. The summed E-state index contributed by atoms with van der Waals surface area (Å²) in [5.74, 6) is 0.267. The van der Waals surface area contributed by atoms with Crippen molar-refractivity contribution in [3.63, 3.8) is 0 Å². The Morgan fingerprint density at radius 3 is 2.80 bits per heavy atom. The van der Waals surface area contributed by atoms with Crippen LogP contribution in [0.25, 0.3) is 5.57 Å². The predicted octanol–water partition coefficient (Wildman–Crippen LogP) is 2.59. The first-order valence-corrected chi connectivity index (χ1v) is 4.89. The zero-order valence-corrected chi connectivity index (χ0v) is 9.09. The highest BCUT2D eigenvalue weighted by atomic mass is 19.1. The number of ether oxygens (including phenoxy) is 1. The third-order valence-corrected chi connectivity index (χ3v) is 2.22. The first-order valence-electron chi connectivity index (χ1n) is 4.89. The molecule has 1 aromatic rings. The second kappa shape index (κ2) is 5.51. The summed E-state index contributed by atoms with van der Waals surface area (Å²) in [6.07, 6.45) is 2.70. The smallest absolute Gasteiger partial charge is 0.134 e. The standard InChI is InChI=1S/C12H16FNO/c1-9(4-3-7-14)11-6-5-10(15-2)8-12(11)13/h4-6,8H,3,7,14H2,1-2H3/b9-4+. The lowest BCUT2D eigenvalue weighted by molar-refractivity contribution is 0.411. The van der Waals surface area contributed by atoms with Gasteiger partial charge in [-0.1, -0.05) is 6.08 Å². The van der Waals surface area contributed by atoms with Gasteiger partial charge >= 0.3 is 0 Å². The van der Waals surface area contributed by atoms with Crippen LogP contribution < -0.4 is 10.5 Å². The molecule has 3 heteroatoms. The molecule has 0 saturated heterocycles. The van der Waals surface area contributed by atoms with E-state index in [0.29, 0.717) is 17.9 Å². The Hall–Kier alpha value is -1.35. The normalized spacial score (nSPS) is 11.6. The summed E-state index contributed by atoms with van der Waals surface area (Å²) in [6.45, 7) is 2.45. The van der Waals surface area contributed by atoms with Crippen molar-refractivity contribution in [2.45, 2.75) is 13.3 Å². The van der Waals surface area contributed by atoms with Crippen molar-refractivity contribution in [1.82, 2.24) is 0 Å². The molecule has 0 bridgehead atoms. The van der Waals surface area contributed by atoms with Crippen molar-refractivity contribution in [3.8, 4) is 5.75 Å². The molecule has 0 heterocycles. The van der Waals surface area contributed by atoms with Crippen molar-refractivity contribution >= 4 is 5.57 Å². The predicted molar refractivity (Wildman–Crippen MR) is 60.3 cm³/mol. The molecule has 1 rings (SSSR count). The van der Waals surface area contributed by atoms with Gasteiger partial charge in [-0.3, -0.25) is 0 Å². The lowest BCUT2D eigenvalue weighted by Gasteiger charge is -2.05. The zero-order valence-electron chi connectivity index (χ0n) is 9.09. The Kier molecular flexibility index (Phi) is 4.31. The maximum absolute atomic E-state index is 13.6. The largest absolute Gasteiger partial charge is 0.497 e. The van der Waals surface area contributed by atoms with E-state index in [-0.39, 0.29) is 5.82 Å². The maximum atomic E-state index is 13.6. The molecule has 82 valence electrons. The van der Waals surface area contributed by atoms with E-state index in [1.165, 1.54) is 13.2 Å². The van der Waals surface area contributed by atoms with Crippen molar-refractivity contribution in [1.29, 1.82) is 0 Å². The molecule has 0 spiro atoms. The lowest BCUT2D eigenvalue weighted by atomic mass is 10.1. The van der Waals surface area contributed by atoms with Gasteiger partial charge in [0.15, 0.2) is 0 Å². The van der Waals surface area contributed by atoms with E-state index in [0.717, 1.165) is 12.0 Å². The zero-order chi connectivity index (χ0) is 11.3.